The van der Waals surface area contributed by atoms with Gasteiger partial charge in [-0.3, -0.25) is 4.79 Å². The van der Waals surface area contributed by atoms with Gasteiger partial charge in [0.15, 0.2) is 6.61 Å². The van der Waals surface area contributed by atoms with E-state index in [1.165, 1.54) is 12.5 Å². The lowest BCUT2D eigenvalue weighted by Gasteiger charge is -2.34. The molecule has 0 radical (unpaired) electrons. The van der Waals surface area contributed by atoms with E-state index in [4.69, 9.17) is 9.15 Å². The minimum atomic E-state index is -0.381. The van der Waals surface area contributed by atoms with Crippen LogP contribution in [-0.2, 0) is 4.79 Å². The zero-order valence-electron chi connectivity index (χ0n) is 15.9. The summed E-state index contributed by atoms with van der Waals surface area (Å²) in [6.45, 7) is 8.11. The van der Waals surface area contributed by atoms with E-state index in [0.29, 0.717) is 23.2 Å². The first-order valence-electron chi connectivity index (χ1n) is 9.33. The Kier molecular flexibility index (Phi) is 5.35. The van der Waals surface area contributed by atoms with Crippen LogP contribution in [0.5, 0.6) is 5.75 Å². The molecule has 1 fully saturated rings. The van der Waals surface area contributed by atoms with Crippen molar-refractivity contribution >= 4 is 16.9 Å². The molecule has 2 aromatic rings. The Labute approximate surface area is 153 Å². The minimum absolute atomic E-state index is 0.0417. The predicted molar refractivity (Wildman–Crippen MR) is 102 cm³/mol. The van der Waals surface area contributed by atoms with Gasteiger partial charge in [-0.2, -0.15) is 0 Å². The van der Waals surface area contributed by atoms with Gasteiger partial charge in [-0.25, -0.2) is 4.79 Å². The molecule has 5 heteroatoms. The summed E-state index contributed by atoms with van der Waals surface area (Å²) in [7, 11) is 0. The van der Waals surface area contributed by atoms with Gasteiger partial charge in [-0.1, -0.05) is 26.7 Å². The fraction of sp³-hybridized carbons (Fsp3) is 0.524. The Morgan fingerprint density at radius 1 is 1.27 bits per heavy atom. The molecule has 1 saturated carbocycles. The molecule has 140 valence electrons. The number of nitrogens with one attached hydrogen (secondary N) is 1. The molecule has 1 heterocycles. The first kappa shape index (κ1) is 18.5. The minimum Gasteiger partial charge on any atom is -0.483 e. The van der Waals surface area contributed by atoms with Gasteiger partial charge < -0.3 is 14.5 Å². The monoisotopic (exact) mass is 357 g/mol. The Morgan fingerprint density at radius 3 is 2.81 bits per heavy atom. The van der Waals surface area contributed by atoms with Crippen LogP contribution in [-0.4, -0.2) is 18.6 Å². The highest BCUT2D eigenvalue weighted by atomic mass is 16.5. The quantitative estimate of drug-likeness (QED) is 0.847. The summed E-state index contributed by atoms with van der Waals surface area (Å²) in [6.07, 6.45) is 3.40. The SMILES string of the molecule is Cc1cc(=O)oc2c(C)c(OCC(=O)N[C@@H]3CCC[C@H](C)[C@@H]3C)ccc12. The van der Waals surface area contributed by atoms with Crippen LogP contribution in [0.4, 0.5) is 0 Å². The van der Waals surface area contributed by atoms with Crippen LogP contribution >= 0.6 is 0 Å². The number of aryl methyl sites for hydroxylation is 2. The first-order chi connectivity index (χ1) is 12.4. The third-order valence-corrected chi connectivity index (χ3v) is 5.73. The Bertz CT molecular complexity index is 870. The second kappa shape index (κ2) is 7.52. The first-order valence-corrected chi connectivity index (χ1v) is 9.33. The average Bonchev–Trinajstić information content (AvgIpc) is 2.59. The van der Waals surface area contributed by atoms with Crippen LogP contribution in [0.25, 0.3) is 11.0 Å². The normalized spacial score (nSPS) is 23.0. The standard InChI is InChI=1S/C21H27NO4/c1-12-6-5-7-17(14(12)3)22-19(23)11-25-18-9-8-16-13(2)10-20(24)26-21(16)15(18)4/h8-10,12,14,17H,5-7,11H2,1-4H3,(H,22,23)/t12-,14-,17+/m0/s1. The van der Waals surface area contributed by atoms with Crippen LogP contribution in [0, 0.1) is 25.7 Å². The second-order valence-corrected chi connectivity index (χ2v) is 7.54. The molecule has 5 nitrogen and oxygen atoms in total. The van der Waals surface area contributed by atoms with E-state index in [9.17, 15) is 9.59 Å². The molecule has 1 aliphatic rings. The third kappa shape index (κ3) is 3.76. The van der Waals surface area contributed by atoms with Crippen LogP contribution in [0.2, 0.25) is 0 Å². The van der Waals surface area contributed by atoms with Crippen molar-refractivity contribution < 1.29 is 13.9 Å². The zero-order chi connectivity index (χ0) is 18.8. The van der Waals surface area contributed by atoms with E-state index in [2.05, 4.69) is 19.2 Å². The van der Waals surface area contributed by atoms with Crippen molar-refractivity contribution in [2.45, 2.75) is 53.0 Å². The average molecular weight is 357 g/mol. The molecular weight excluding hydrogens is 330 g/mol. The van der Waals surface area contributed by atoms with E-state index in [1.807, 2.05) is 26.0 Å². The molecule has 1 amide bonds. The predicted octanol–water partition coefficient (Wildman–Crippen LogP) is 3.73. The van der Waals surface area contributed by atoms with Crippen LogP contribution in [0.1, 0.15) is 44.2 Å². The van der Waals surface area contributed by atoms with E-state index in [1.54, 1.807) is 0 Å². The van der Waals surface area contributed by atoms with Gasteiger partial charge in [0.05, 0.1) is 0 Å². The molecule has 3 rings (SSSR count). The Hall–Kier alpha value is -2.30. The van der Waals surface area contributed by atoms with Crippen LogP contribution < -0.4 is 15.7 Å². The summed E-state index contributed by atoms with van der Waals surface area (Å²) >= 11 is 0. The van der Waals surface area contributed by atoms with Gasteiger partial charge in [0, 0.05) is 23.1 Å². The summed E-state index contributed by atoms with van der Waals surface area (Å²) < 4.78 is 11.0. The van der Waals surface area contributed by atoms with Crippen molar-refractivity contribution in [1.82, 2.24) is 5.32 Å². The number of benzene rings is 1. The number of carbonyl (C=O) groups excluding carboxylic acids is 1. The lowest BCUT2D eigenvalue weighted by Crippen LogP contribution is -2.45. The molecule has 0 bridgehead atoms. The summed E-state index contributed by atoms with van der Waals surface area (Å²) in [5, 5.41) is 3.99. The molecule has 0 aliphatic heterocycles. The number of hydrogen-bond donors (Lipinski definition) is 1. The summed E-state index contributed by atoms with van der Waals surface area (Å²) in [5.41, 5.74) is 1.73. The number of rotatable bonds is 4. The van der Waals surface area contributed by atoms with Crippen LogP contribution in [0.3, 0.4) is 0 Å². The molecule has 0 spiro atoms. The highest BCUT2D eigenvalue weighted by Crippen LogP contribution is 2.30. The Balaban J connectivity index is 1.69. The van der Waals surface area contributed by atoms with Gasteiger partial charge in [-0.05, 0) is 49.8 Å². The number of ether oxygens (including phenoxy) is 1. The van der Waals surface area contributed by atoms with Crippen molar-refractivity contribution in [3.05, 3.63) is 39.7 Å². The molecule has 1 N–H and O–H groups in total. The number of carbonyl (C=O) groups is 1. The van der Waals surface area contributed by atoms with Gasteiger partial charge in [-0.15, -0.1) is 0 Å². The molecule has 1 aromatic carbocycles. The van der Waals surface area contributed by atoms with E-state index in [-0.39, 0.29) is 24.2 Å². The fourth-order valence-corrected chi connectivity index (χ4v) is 3.83. The largest absolute Gasteiger partial charge is 0.483 e. The Morgan fingerprint density at radius 2 is 2.04 bits per heavy atom. The fourth-order valence-electron chi connectivity index (χ4n) is 3.83. The summed E-state index contributed by atoms with van der Waals surface area (Å²) in [5.74, 6) is 1.56. The lowest BCUT2D eigenvalue weighted by atomic mass is 9.78. The van der Waals surface area contributed by atoms with Crippen molar-refractivity contribution in [2.24, 2.45) is 11.8 Å². The molecule has 0 unspecified atom stereocenters. The molecule has 1 aliphatic carbocycles. The van der Waals surface area contributed by atoms with Gasteiger partial charge >= 0.3 is 5.63 Å². The molecule has 0 saturated heterocycles. The number of hydrogen-bond acceptors (Lipinski definition) is 4. The highest BCUT2D eigenvalue weighted by molar-refractivity contribution is 5.85. The van der Waals surface area contributed by atoms with Gasteiger partial charge in [0.2, 0.25) is 0 Å². The van der Waals surface area contributed by atoms with Gasteiger partial charge in [0.25, 0.3) is 5.91 Å². The highest BCUT2D eigenvalue weighted by Gasteiger charge is 2.28. The maximum absolute atomic E-state index is 12.3. The number of fused-ring (bicyclic) bond motifs is 1. The van der Waals surface area contributed by atoms with Crippen molar-refractivity contribution in [3.63, 3.8) is 0 Å². The zero-order valence-corrected chi connectivity index (χ0v) is 15.9. The smallest absolute Gasteiger partial charge is 0.336 e. The summed E-state index contributed by atoms with van der Waals surface area (Å²) in [4.78, 5) is 24.0. The van der Waals surface area contributed by atoms with Crippen LogP contribution in [0.15, 0.2) is 27.4 Å². The molecule has 26 heavy (non-hydrogen) atoms. The maximum Gasteiger partial charge on any atom is 0.336 e. The topological polar surface area (TPSA) is 68.5 Å². The van der Waals surface area contributed by atoms with Crippen molar-refractivity contribution in [1.29, 1.82) is 0 Å². The third-order valence-electron chi connectivity index (χ3n) is 5.73. The summed E-state index contributed by atoms with van der Waals surface area (Å²) in [6, 6.07) is 5.37. The van der Waals surface area contributed by atoms with Crippen molar-refractivity contribution in [3.8, 4) is 5.75 Å². The number of amides is 1. The van der Waals surface area contributed by atoms with Gasteiger partial charge in [0.1, 0.15) is 11.3 Å². The molecule has 1 aromatic heterocycles. The van der Waals surface area contributed by atoms with Crippen molar-refractivity contribution in [2.75, 3.05) is 6.61 Å². The van der Waals surface area contributed by atoms with E-state index < -0.39 is 0 Å². The maximum atomic E-state index is 12.3. The molecular formula is C21H27NO4. The van der Waals surface area contributed by atoms with E-state index >= 15 is 0 Å². The molecule has 3 atom stereocenters. The lowest BCUT2D eigenvalue weighted by molar-refractivity contribution is -0.124. The van der Waals surface area contributed by atoms with E-state index in [0.717, 1.165) is 29.4 Å². The second-order valence-electron chi connectivity index (χ2n) is 7.54.